The van der Waals surface area contributed by atoms with Gasteiger partial charge in [0.2, 0.25) is 0 Å². The van der Waals surface area contributed by atoms with Crippen molar-refractivity contribution in [3.05, 3.63) is 12.1 Å². The van der Waals surface area contributed by atoms with Crippen molar-refractivity contribution in [1.82, 2.24) is 0 Å². The lowest BCUT2D eigenvalue weighted by Gasteiger charge is -2.18. The molecule has 0 aliphatic rings. The Hall–Kier alpha value is -1.23. The van der Waals surface area contributed by atoms with E-state index in [4.69, 9.17) is 15.2 Å². The largest absolute Gasteiger partial charge is 0.493 e. The van der Waals surface area contributed by atoms with Crippen LogP contribution in [0.1, 0.15) is 13.8 Å². The third-order valence-corrected chi connectivity index (χ3v) is 3.67. The summed E-state index contributed by atoms with van der Waals surface area (Å²) in [5.41, 5.74) is 7.55. The van der Waals surface area contributed by atoms with Crippen LogP contribution in [-0.2, 0) is 0 Å². The Morgan fingerprint density at radius 1 is 1.28 bits per heavy atom. The molecule has 1 aromatic carbocycles. The number of ether oxygens (including phenoxy) is 2. The molecule has 0 spiro atoms. The monoisotopic (exact) mass is 270 g/mol. The Labute approximate surface area is 113 Å². The minimum Gasteiger partial charge on any atom is -0.493 e. The van der Waals surface area contributed by atoms with Crippen molar-refractivity contribution in [3.8, 4) is 11.5 Å². The van der Waals surface area contributed by atoms with E-state index in [0.717, 1.165) is 17.2 Å². The van der Waals surface area contributed by atoms with E-state index in [1.54, 1.807) is 20.3 Å². The second-order valence-corrected chi connectivity index (χ2v) is 5.32. The molecule has 0 heterocycles. The quantitative estimate of drug-likeness (QED) is 0.746. The fourth-order valence-electron chi connectivity index (χ4n) is 1.62. The Morgan fingerprint density at radius 3 is 2.44 bits per heavy atom. The third kappa shape index (κ3) is 3.91. The summed E-state index contributed by atoms with van der Waals surface area (Å²) in [4.78, 5) is 0. The summed E-state index contributed by atoms with van der Waals surface area (Å²) in [5.74, 6) is 3.50. The summed E-state index contributed by atoms with van der Waals surface area (Å²) < 4.78 is 10.5. The maximum absolute atomic E-state index is 5.99. The first kappa shape index (κ1) is 14.8. The van der Waals surface area contributed by atoms with Gasteiger partial charge < -0.3 is 20.5 Å². The van der Waals surface area contributed by atoms with Gasteiger partial charge in [-0.1, -0.05) is 6.92 Å². The standard InChI is InChI=1S/C13H22N2O2S/c1-5-18-8-9(2)15-11-7-13(17-4)12(16-3)6-10(11)14/h6-7,9,15H,5,8,14H2,1-4H3. The van der Waals surface area contributed by atoms with Crippen LogP contribution >= 0.6 is 11.8 Å². The minimum atomic E-state index is 0.357. The number of hydrogen-bond acceptors (Lipinski definition) is 5. The van der Waals surface area contributed by atoms with Crippen LogP contribution in [-0.4, -0.2) is 31.8 Å². The molecule has 5 heteroatoms. The van der Waals surface area contributed by atoms with Crippen molar-refractivity contribution in [2.45, 2.75) is 19.9 Å². The zero-order valence-electron chi connectivity index (χ0n) is 11.4. The fourth-order valence-corrected chi connectivity index (χ4v) is 2.29. The molecule has 1 unspecified atom stereocenters. The van der Waals surface area contributed by atoms with Crippen LogP contribution in [0.5, 0.6) is 11.5 Å². The third-order valence-electron chi connectivity index (χ3n) is 2.53. The van der Waals surface area contributed by atoms with Gasteiger partial charge in [-0.25, -0.2) is 0 Å². The number of anilines is 2. The minimum absolute atomic E-state index is 0.357. The van der Waals surface area contributed by atoms with E-state index in [-0.39, 0.29) is 0 Å². The lowest BCUT2D eigenvalue weighted by Crippen LogP contribution is -2.19. The van der Waals surface area contributed by atoms with Crippen LogP contribution in [0.4, 0.5) is 11.4 Å². The van der Waals surface area contributed by atoms with E-state index < -0.39 is 0 Å². The summed E-state index contributed by atoms with van der Waals surface area (Å²) in [6.45, 7) is 4.29. The number of nitrogens with one attached hydrogen (secondary N) is 1. The van der Waals surface area contributed by atoms with Crippen LogP contribution in [0.15, 0.2) is 12.1 Å². The van der Waals surface area contributed by atoms with Crippen molar-refractivity contribution < 1.29 is 9.47 Å². The molecule has 0 aromatic heterocycles. The van der Waals surface area contributed by atoms with Crippen LogP contribution < -0.4 is 20.5 Å². The Bertz CT molecular complexity index is 385. The highest BCUT2D eigenvalue weighted by Gasteiger charge is 2.11. The second-order valence-electron chi connectivity index (χ2n) is 4.00. The van der Waals surface area contributed by atoms with Crippen LogP contribution in [0.3, 0.4) is 0 Å². The molecule has 0 radical (unpaired) electrons. The molecule has 0 saturated carbocycles. The van der Waals surface area contributed by atoms with Gasteiger partial charge in [0.15, 0.2) is 11.5 Å². The lowest BCUT2D eigenvalue weighted by atomic mass is 10.2. The van der Waals surface area contributed by atoms with Gasteiger partial charge in [0.1, 0.15) is 0 Å². The molecule has 3 N–H and O–H groups in total. The number of methoxy groups -OCH3 is 2. The van der Waals surface area contributed by atoms with Gasteiger partial charge in [0, 0.05) is 23.9 Å². The zero-order chi connectivity index (χ0) is 13.5. The zero-order valence-corrected chi connectivity index (χ0v) is 12.3. The number of hydrogen-bond donors (Lipinski definition) is 2. The highest BCUT2D eigenvalue weighted by molar-refractivity contribution is 7.99. The molecule has 0 fully saturated rings. The van der Waals surface area contributed by atoms with Crippen LogP contribution in [0, 0.1) is 0 Å². The molecular weight excluding hydrogens is 248 g/mol. The summed E-state index contributed by atoms with van der Waals surface area (Å²) >= 11 is 1.90. The molecule has 1 atom stereocenters. The fraction of sp³-hybridized carbons (Fsp3) is 0.538. The Kier molecular flexibility index (Phi) is 5.98. The number of rotatable bonds is 7. The summed E-state index contributed by atoms with van der Waals surface area (Å²) in [6, 6.07) is 4.01. The van der Waals surface area contributed by atoms with Crippen molar-refractivity contribution in [2.24, 2.45) is 0 Å². The van der Waals surface area contributed by atoms with E-state index in [1.165, 1.54) is 0 Å². The van der Waals surface area contributed by atoms with E-state index in [9.17, 15) is 0 Å². The molecule has 4 nitrogen and oxygen atoms in total. The summed E-state index contributed by atoms with van der Waals surface area (Å²) in [6.07, 6.45) is 0. The second kappa shape index (κ2) is 7.26. The maximum Gasteiger partial charge on any atom is 0.162 e. The van der Waals surface area contributed by atoms with E-state index >= 15 is 0 Å². The SMILES string of the molecule is CCSCC(C)Nc1cc(OC)c(OC)cc1N. The van der Waals surface area contributed by atoms with Crippen molar-refractivity contribution in [2.75, 3.05) is 36.8 Å². The molecule has 18 heavy (non-hydrogen) atoms. The van der Waals surface area contributed by atoms with Gasteiger partial charge >= 0.3 is 0 Å². The molecule has 0 saturated heterocycles. The van der Waals surface area contributed by atoms with E-state index in [0.29, 0.717) is 23.2 Å². The first-order chi connectivity index (χ1) is 8.62. The topological polar surface area (TPSA) is 56.5 Å². The van der Waals surface area contributed by atoms with Gasteiger partial charge in [-0.15, -0.1) is 0 Å². The van der Waals surface area contributed by atoms with Crippen LogP contribution in [0.25, 0.3) is 0 Å². The number of nitrogens with two attached hydrogens (primary N) is 1. The Balaban J connectivity index is 2.82. The highest BCUT2D eigenvalue weighted by atomic mass is 32.2. The highest BCUT2D eigenvalue weighted by Crippen LogP contribution is 2.35. The first-order valence-electron chi connectivity index (χ1n) is 5.98. The first-order valence-corrected chi connectivity index (χ1v) is 7.13. The number of thioether (sulfide) groups is 1. The number of nitrogen functional groups attached to an aromatic ring is 1. The van der Waals surface area contributed by atoms with Gasteiger partial charge in [-0.05, 0) is 12.7 Å². The average Bonchev–Trinajstić information content (AvgIpc) is 2.38. The maximum atomic E-state index is 5.99. The van der Waals surface area contributed by atoms with E-state index in [2.05, 4.69) is 19.2 Å². The summed E-state index contributed by atoms with van der Waals surface area (Å²) in [5, 5.41) is 3.39. The predicted molar refractivity (Wildman–Crippen MR) is 80.0 cm³/mol. The smallest absolute Gasteiger partial charge is 0.162 e. The van der Waals surface area contributed by atoms with Gasteiger partial charge in [-0.2, -0.15) is 11.8 Å². The molecule has 102 valence electrons. The molecule has 0 amide bonds. The van der Waals surface area contributed by atoms with Gasteiger partial charge in [0.05, 0.1) is 25.6 Å². The van der Waals surface area contributed by atoms with Gasteiger partial charge in [-0.3, -0.25) is 0 Å². The molecule has 0 aliphatic carbocycles. The number of benzene rings is 1. The normalized spacial score (nSPS) is 12.0. The van der Waals surface area contributed by atoms with Gasteiger partial charge in [0.25, 0.3) is 0 Å². The van der Waals surface area contributed by atoms with Crippen LogP contribution in [0.2, 0.25) is 0 Å². The average molecular weight is 270 g/mol. The predicted octanol–water partition coefficient (Wildman–Crippen LogP) is 2.84. The molecule has 1 rings (SSSR count). The molecular formula is C13H22N2O2S. The van der Waals surface area contributed by atoms with Crippen molar-refractivity contribution in [1.29, 1.82) is 0 Å². The molecule has 1 aromatic rings. The van der Waals surface area contributed by atoms with Crippen molar-refractivity contribution >= 4 is 23.1 Å². The lowest BCUT2D eigenvalue weighted by molar-refractivity contribution is 0.355. The summed E-state index contributed by atoms with van der Waals surface area (Å²) in [7, 11) is 3.22. The van der Waals surface area contributed by atoms with Crippen molar-refractivity contribution in [3.63, 3.8) is 0 Å². The molecule has 0 bridgehead atoms. The Morgan fingerprint density at radius 2 is 1.89 bits per heavy atom. The van der Waals surface area contributed by atoms with E-state index in [1.807, 2.05) is 17.8 Å². The molecule has 0 aliphatic heterocycles.